The van der Waals surface area contributed by atoms with Gasteiger partial charge in [0.2, 0.25) is 0 Å². The number of hydrogen-bond acceptors (Lipinski definition) is 4. The second-order valence-corrected chi connectivity index (χ2v) is 6.54. The van der Waals surface area contributed by atoms with E-state index in [1.54, 1.807) is 0 Å². The molecule has 4 nitrogen and oxygen atoms in total. The zero-order chi connectivity index (χ0) is 15.4. The molecule has 0 atom stereocenters. The van der Waals surface area contributed by atoms with Crippen LogP contribution in [-0.4, -0.2) is 40.6 Å². The summed E-state index contributed by atoms with van der Waals surface area (Å²) >= 11 is 0. The van der Waals surface area contributed by atoms with Crippen molar-refractivity contribution in [1.29, 1.82) is 0 Å². The van der Waals surface area contributed by atoms with Gasteiger partial charge in [-0.05, 0) is 18.2 Å². The maximum Gasteiger partial charge on any atom is 0.513 e. The van der Waals surface area contributed by atoms with Crippen molar-refractivity contribution in [3.63, 3.8) is 0 Å². The Bertz CT molecular complexity index is 557. The molecule has 1 aromatic carbocycles. The Morgan fingerprint density at radius 2 is 1.90 bits per heavy atom. The number of rotatable bonds is 7. The molecule has 1 aromatic rings. The summed E-state index contributed by atoms with van der Waals surface area (Å²) in [4.78, 5) is 0. The standard InChI is InChI=1S/C11H15BF3O4S/c1-3-20(16,17)7-6-19-11-5-4-9(18-2)8-10(11)12(13,14)15/h4-5,8H,3,6-7H2,1-2H3/q-1. The average Bonchev–Trinajstić information content (AvgIpc) is 2.37. The van der Waals surface area contributed by atoms with Crippen molar-refractivity contribution >= 4 is 22.3 Å². The van der Waals surface area contributed by atoms with E-state index in [0.717, 1.165) is 12.1 Å². The van der Waals surface area contributed by atoms with E-state index in [0.29, 0.717) is 0 Å². The van der Waals surface area contributed by atoms with Crippen molar-refractivity contribution in [1.82, 2.24) is 0 Å². The van der Waals surface area contributed by atoms with Crippen LogP contribution in [0.25, 0.3) is 0 Å². The molecule has 9 heteroatoms. The van der Waals surface area contributed by atoms with Crippen LogP contribution in [0.1, 0.15) is 6.92 Å². The van der Waals surface area contributed by atoms with Crippen molar-refractivity contribution in [2.24, 2.45) is 0 Å². The summed E-state index contributed by atoms with van der Waals surface area (Å²) in [6.45, 7) is -4.12. The number of ether oxygens (including phenoxy) is 2. The largest absolute Gasteiger partial charge is 0.513 e. The van der Waals surface area contributed by atoms with Gasteiger partial charge in [0.15, 0.2) is 9.84 Å². The molecule has 0 unspecified atom stereocenters. The molecule has 0 saturated carbocycles. The Morgan fingerprint density at radius 3 is 2.40 bits per heavy atom. The molecule has 0 heterocycles. The smallest absolute Gasteiger partial charge is 0.497 e. The minimum absolute atomic E-state index is 0.0627. The third-order valence-corrected chi connectivity index (χ3v) is 4.33. The lowest BCUT2D eigenvalue weighted by Crippen LogP contribution is -2.35. The average molecular weight is 311 g/mol. The summed E-state index contributed by atoms with van der Waals surface area (Å²) in [5.74, 6) is -0.716. The molecule has 0 N–H and O–H groups in total. The second-order valence-electron chi connectivity index (χ2n) is 4.06. The van der Waals surface area contributed by atoms with Crippen LogP contribution in [0.4, 0.5) is 12.9 Å². The van der Waals surface area contributed by atoms with Gasteiger partial charge in [0.25, 0.3) is 0 Å². The predicted molar refractivity (Wildman–Crippen MR) is 71.5 cm³/mol. The number of halogens is 3. The van der Waals surface area contributed by atoms with Gasteiger partial charge in [-0.15, -0.1) is 0 Å². The summed E-state index contributed by atoms with van der Waals surface area (Å²) in [6.07, 6.45) is 0. The van der Waals surface area contributed by atoms with E-state index in [1.807, 2.05) is 0 Å². The first-order chi connectivity index (χ1) is 9.19. The van der Waals surface area contributed by atoms with Crippen molar-refractivity contribution in [3.8, 4) is 11.5 Å². The predicted octanol–water partition coefficient (Wildman–Crippen LogP) is 1.56. The first-order valence-corrected chi connectivity index (χ1v) is 7.73. The normalized spacial score (nSPS) is 12.2. The number of benzene rings is 1. The fourth-order valence-electron chi connectivity index (χ4n) is 1.46. The summed E-state index contributed by atoms with van der Waals surface area (Å²) in [7, 11) is -2.02. The third kappa shape index (κ3) is 4.62. The van der Waals surface area contributed by atoms with Crippen molar-refractivity contribution in [2.45, 2.75) is 6.92 Å². The Morgan fingerprint density at radius 1 is 1.25 bits per heavy atom. The van der Waals surface area contributed by atoms with Gasteiger partial charge in [-0.2, -0.15) is 0 Å². The van der Waals surface area contributed by atoms with E-state index in [1.165, 1.54) is 20.1 Å². The quantitative estimate of drug-likeness (QED) is 0.717. The highest BCUT2D eigenvalue weighted by atomic mass is 32.2. The molecule has 0 aliphatic carbocycles. The molecule has 0 aliphatic rings. The van der Waals surface area contributed by atoms with E-state index >= 15 is 0 Å². The minimum atomic E-state index is -5.27. The zero-order valence-corrected chi connectivity index (χ0v) is 11.9. The zero-order valence-electron chi connectivity index (χ0n) is 11.1. The monoisotopic (exact) mass is 311 g/mol. The highest BCUT2D eigenvalue weighted by molar-refractivity contribution is 7.91. The van der Waals surface area contributed by atoms with E-state index in [9.17, 15) is 21.4 Å². The molecular formula is C11H15BF3O4S-. The van der Waals surface area contributed by atoms with Gasteiger partial charge in [0, 0.05) is 5.75 Å². The fraction of sp³-hybridized carbons (Fsp3) is 0.455. The van der Waals surface area contributed by atoms with Crippen LogP contribution >= 0.6 is 0 Å². The van der Waals surface area contributed by atoms with Crippen molar-refractivity contribution in [2.75, 3.05) is 25.2 Å². The van der Waals surface area contributed by atoms with Gasteiger partial charge in [-0.25, -0.2) is 8.42 Å². The van der Waals surface area contributed by atoms with Crippen LogP contribution in [-0.2, 0) is 9.84 Å². The molecule has 0 radical (unpaired) electrons. The topological polar surface area (TPSA) is 52.6 Å². The maximum atomic E-state index is 12.9. The lowest BCUT2D eigenvalue weighted by Gasteiger charge is -2.20. The van der Waals surface area contributed by atoms with Crippen LogP contribution in [0.15, 0.2) is 18.2 Å². The van der Waals surface area contributed by atoms with Crippen LogP contribution in [0.5, 0.6) is 11.5 Å². The Hall–Kier alpha value is -1.38. The first-order valence-electron chi connectivity index (χ1n) is 5.90. The fourth-order valence-corrected chi connectivity index (χ4v) is 2.09. The van der Waals surface area contributed by atoms with Gasteiger partial charge in [-0.1, -0.05) is 12.4 Å². The number of methoxy groups -OCH3 is 1. The number of sulfone groups is 1. The van der Waals surface area contributed by atoms with E-state index in [4.69, 9.17) is 9.47 Å². The summed E-state index contributed by atoms with van der Waals surface area (Å²) in [6, 6.07) is 3.29. The molecule has 0 spiro atoms. The van der Waals surface area contributed by atoms with Crippen LogP contribution < -0.4 is 14.9 Å². The van der Waals surface area contributed by atoms with E-state index in [2.05, 4.69) is 0 Å². The molecular weight excluding hydrogens is 296 g/mol. The summed E-state index contributed by atoms with van der Waals surface area (Å²) in [5.41, 5.74) is -0.932. The molecule has 0 saturated heterocycles. The van der Waals surface area contributed by atoms with E-state index in [-0.39, 0.29) is 29.6 Å². The van der Waals surface area contributed by atoms with Crippen LogP contribution in [0.2, 0.25) is 0 Å². The highest BCUT2D eigenvalue weighted by Crippen LogP contribution is 2.22. The molecule has 0 bridgehead atoms. The van der Waals surface area contributed by atoms with Gasteiger partial charge in [-0.3, -0.25) is 0 Å². The SMILES string of the molecule is CCS(=O)(=O)CCOc1ccc(OC)cc1[B-](F)(F)F. The van der Waals surface area contributed by atoms with Gasteiger partial charge in [0.1, 0.15) is 12.4 Å². The highest BCUT2D eigenvalue weighted by Gasteiger charge is 2.30. The Labute approximate surface area is 115 Å². The van der Waals surface area contributed by atoms with Gasteiger partial charge in [0.05, 0.1) is 18.6 Å². The molecule has 0 aliphatic heterocycles. The molecule has 20 heavy (non-hydrogen) atoms. The first kappa shape index (κ1) is 16.7. The number of hydrogen-bond donors (Lipinski definition) is 0. The van der Waals surface area contributed by atoms with E-state index < -0.39 is 22.3 Å². The van der Waals surface area contributed by atoms with Crippen molar-refractivity contribution < 1.29 is 30.8 Å². The Balaban J connectivity index is 2.90. The maximum absolute atomic E-state index is 12.9. The lowest BCUT2D eigenvalue weighted by atomic mass is 9.79. The van der Waals surface area contributed by atoms with Gasteiger partial charge < -0.3 is 22.4 Å². The second kappa shape index (κ2) is 6.38. The molecule has 0 aromatic heterocycles. The Kier molecular flexibility index (Phi) is 5.32. The van der Waals surface area contributed by atoms with Crippen LogP contribution in [0, 0.1) is 0 Å². The van der Waals surface area contributed by atoms with Crippen LogP contribution in [0.3, 0.4) is 0 Å². The summed E-state index contributed by atoms with van der Waals surface area (Å²) < 4.78 is 70.9. The molecule has 0 fully saturated rings. The molecule has 114 valence electrons. The molecule has 0 amide bonds. The molecule has 1 rings (SSSR count). The van der Waals surface area contributed by atoms with Crippen molar-refractivity contribution in [3.05, 3.63) is 18.2 Å². The third-order valence-electron chi connectivity index (χ3n) is 2.66. The van der Waals surface area contributed by atoms with Gasteiger partial charge >= 0.3 is 6.98 Å². The lowest BCUT2D eigenvalue weighted by molar-refractivity contribution is 0.340. The minimum Gasteiger partial charge on any atom is -0.497 e. The summed E-state index contributed by atoms with van der Waals surface area (Å²) in [5, 5.41) is 0.